The van der Waals surface area contributed by atoms with E-state index in [1.54, 1.807) is 0 Å². The van der Waals surface area contributed by atoms with Crippen LogP contribution in [0.25, 0.3) is 99.5 Å². The summed E-state index contributed by atoms with van der Waals surface area (Å²) in [6, 6.07) is 56.9. The molecule has 0 fully saturated rings. The van der Waals surface area contributed by atoms with Crippen molar-refractivity contribution in [1.29, 1.82) is 0 Å². The van der Waals surface area contributed by atoms with Gasteiger partial charge in [-0.25, -0.2) is 15.0 Å². The molecule has 0 bridgehead atoms. The summed E-state index contributed by atoms with van der Waals surface area (Å²) in [7, 11) is 0. The number of fused-ring (bicyclic) bond motifs is 7. The topological polar surface area (TPSA) is 51.8 Å². The highest BCUT2D eigenvalue weighted by Crippen LogP contribution is 2.43. The van der Waals surface area contributed by atoms with E-state index in [0.29, 0.717) is 17.5 Å². The third kappa shape index (κ3) is 4.57. The van der Waals surface area contributed by atoms with Crippen molar-refractivity contribution < 1.29 is 4.42 Å². The van der Waals surface area contributed by atoms with Crippen LogP contribution in [0.4, 0.5) is 0 Å². The minimum atomic E-state index is 0.600. The number of benzene rings is 8. The van der Waals surface area contributed by atoms with Crippen molar-refractivity contribution in [2.45, 2.75) is 0 Å². The Hall–Kier alpha value is -6.65. The van der Waals surface area contributed by atoms with E-state index in [4.69, 9.17) is 19.4 Å². The van der Waals surface area contributed by atoms with E-state index in [1.165, 1.54) is 16.2 Å². The number of rotatable bonds is 4. The third-order valence-electron chi connectivity index (χ3n) is 9.48. The molecule has 0 amide bonds. The van der Waals surface area contributed by atoms with Crippen LogP contribution in [0.2, 0.25) is 0 Å². The molecule has 4 nitrogen and oxygen atoms in total. The first-order valence-electron chi connectivity index (χ1n) is 16.4. The van der Waals surface area contributed by atoms with Crippen LogP contribution in [0.5, 0.6) is 0 Å². The Morgan fingerprint density at radius 1 is 0.347 bits per heavy atom. The van der Waals surface area contributed by atoms with Gasteiger partial charge in [0.1, 0.15) is 11.2 Å². The lowest BCUT2D eigenvalue weighted by Crippen LogP contribution is -2.00. The van der Waals surface area contributed by atoms with Crippen molar-refractivity contribution in [2.75, 3.05) is 0 Å². The van der Waals surface area contributed by atoms with Gasteiger partial charge in [0.25, 0.3) is 0 Å². The maximum absolute atomic E-state index is 6.75. The number of nitrogens with zero attached hydrogens (tertiary/aromatic N) is 3. The van der Waals surface area contributed by atoms with Crippen LogP contribution in [0.3, 0.4) is 0 Å². The van der Waals surface area contributed by atoms with Crippen LogP contribution < -0.4 is 0 Å². The molecule has 0 saturated heterocycles. The largest absolute Gasteiger partial charge is 0.455 e. The van der Waals surface area contributed by atoms with Gasteiger partial charge in [0.05, 0.1) is 0 Å². The van der Waals surface area contributed by atoms with Crippen molar-refractivity contribution in [3.05, 3.63) is 164 Å². The van der Waals surface area contributed by atoms with Crippen molar-refractivity contribution >= 4 is 54.3 Å². The number of hydrogen-bond donors (Lipinski definition) is 0. The molecule has 0 radical (unpaired) electrons. The summed E-state index contributed by atoms with van der Waals surface area (Å²) >= 11 is 0. The Labute approximate surface area is 282 Å². The number of aromatic nitrogens is 3. The Bertz CT molecular complexity index is 2880. The Kier molecular flexibility index (Phi) is 6.15. The van der Waals surface area contributed by atoms with Crippen LogP contribution in [-0.4, -0.2) is 15.0 Å². The van der Waals surface area contributed by atoms with Gasteiger partial charge < -0.3 is 4.42 Å². The summed E-state index contributed by atoms with van der Waals surface area (Å²) in [5.74, 6) is 1.85. The summed E-state index contributed by atoms with van der Waals surface area (Å²) < 4.78 is 6.75. The number of furan rings is 1. The summed E-state index contributed by atoms with van der Waals surface area (Å²) in [6.07, 6.45) is 0. The highest BCUT2D eigenvalue weighted by molar-refractivity contribution is 6.18. The number of hydrogen-bond acceptors (Lipinski definition) is 4. The van der Waals surface area contributed by atoms with Crippen LogP contribution in [0, 0.1) is 0 Å². The van der Waals surface area contributed by atoms with Crippen LogP contribution in [0.1, 0.15) is 0 Å². The van der Waals surface area contributed by atoms with Gasteiger partial charge in [-0.1, -0.05) is 133 Å². The molecule has 0 aliphatic carbocycles. The van der Waals surface area contributed by atoms with Crippen molar-refractivity contribution in [3.63, 3.8) is 0 Å². The minimum Gasteiger partial charge on any atom is -0.455 e. The maximum Gasteiger partial charge on any atom is 0.164 e. The first-order chi connectivity index (χ1) is 24.3. The second-order valence-corrected chi connectivity index (χ2v) is 12.4. The Morgan fingerprint density at radius 3 is 1.73 bits per heavy atom. The molecular formula is C45H27N3O. The lowest BCUT2D eigenvalue weighted by Gasteiger charge is -2.11. The molecule has 10 aromatic rings. The van der Waals surface area contributed by atoms with Crippen LogP contribution in [-0.2, 0) is 0 Å². The molecule has 0 unspecified atom stereocenters. The molecule has 0 saturated carbocycles. The smallest absolute Gasteiger partial charge is 0.164 e. The molecule has 4 heteroatoms. The molecule has 0 atom stereocenters. The molecule has 0 aliphatic heterocycles. The monoisotopic (exact) mass is 625 g/mol. The summed E-state index contributed by atoms with van der Waals surface area (Å²) in [6.45, 7) is 0. The fraction of sp³-hybridized carbons (Fsp3) is 0. The summed E-state index contributed by atoms with van der Waals surface area (Å²) in [5, 5.41) is 9.10. The molecule has 228 valence electrons. The fourth-order valence-corrected chi connectivity index (χ4v) is 7.09. The highest BCUT2D eigenvalue weighted by atomic mass is 16.3. The van der Waals surface area contributed by atoms with E-state index in [9.17, 15) is 0 Å². The fourth-order valence-electron chi connectivity index (χ4n) is 7.09. The zero-order valence-electron chi connectivity index (χ0n) is 26.3. The first-order valence-corrected chi connectivity index (χ1v) is 16.4. The van der Waals surface area contributed by atoms with Crippen molar-refractivity contribution in [1.82, 2.24) is 15.0 Å². The predicted molar refractivity (Wildman–Crippen MR) is 201 cm³/mol. The quantitative estimate of drug-likeness (QED) is 0.183. The maximum atomic E-state index is 6.75. The van der Waals surface area contributed by atoms with Gasteiger partial charge in [-0.3, -0.25) is 0 Å². The molecule has 10 rings (SSSR count). The average Bonchev–Trinajstić information content (AvgIpc) is 3.55. The molecule has 2 heterocycles. The zero-order chi connectivity index (χ0) is 32.3. The summed E-state index contributed by atoms with van der Waals surface area (Å²) in [5.41, 5.74) is 6.53. The second kappa shape index (κ2) is 11.0. The highest BCUT2D eigenvalue weighted by Gasteiger charge is 2.21. The van der Waals surface area contributed by atoms with Gasteiger partial charge in [0.2, 0.25) is 0 Å². The van der Waals surface area contributed by atoms with Crippen molar-refractivity contribution in [2.24, 2.45) is 0 Å². The molecule has 0 N–H and O–H groups in total. The van der Waals surface area contributed by atoms with Crippen LogP contribution >= 0.6 is 0 Å². The Balaban J connectivity index is 1.25. The summed E-state index contributed by atoms with van der Waals surface area (Å²) in [4.78, 5) is 15.4. The molecular weight excluding hydrogens is 599 g/mol. The van der Waals surface area contributed by atoms with Gasteiger partial charge in [0.15, 0.2) is 17.5 Å². The Morgan fingerprint density at radius 2 is 0.939 bits per heavy atom. The SMILES string of the molecule is c1ccc(-c2nc(-c3ccc4c(ccc5ccccc54)c3)nc(-c3ccc(-c4ccccc4)c4oc5cc6ccccc6cc5c34)n2)cc1. The third-order valence-corrected chi connectivity index (χ3v) is 9.48. The van der Waals surface area contributed by atoms with E-state index in [0.717, 1.165) is 65.9 Å². The van der Waals surface area contributed by atoms with Gasteiger partial charge in [-0.2, -0.15) is 0 Å². The molecule has 0 spiro atoms. The van der Waals surface area contributed by atoms with E-state index in [2.05, 4.69) is 127 Å². The van der Waals surface area contributed by atoms with Gasteiger partial charge in [-0.15, -0.1) is 0 Å². The van der Waals surface area contributed by atoms with E-state index in [-0.39, 0.29) is 0 Å². The second-order valence-electron chi connectivity index (χ2n) is 12.4. The molecule has 0 aliphatic rings. The van der Waals surface area contributed by atoms with E-state index < -0.39 is 0 Å². The molecule has 2 aromatic heterocycles. The zero-order valence-corrected chi connectivity index (χ0v) is 26.3. The lowest BCUT2D eigenvalue weighted by atomic mass is 9.97. The lowest BCUT2D eigenvalue weighted by molar-refractivity contribution is 0.670. The standard InChI is InChI=1S/C45H27N3O/c1-3-11-28(12-4-1)37-23-24-38(41-39-26-31-16-7-8-17-32(31)27-40(39)49-42(37)41)45-47-43(30-14-5-2-6-15-30)46-44(48-45)34-21-22-36-33(25-34)20-19-29-13-9-10-18-35(29)36/h1-27H. The molecule has 49 heavy (non-hydrogen) atoms. The minimum absolute atomic E-state index is 0.600. The van der Waals surface area contributed by atoms with Crippen molar-refractivity contribution in [3.8, 4) is 45.3 Å². The average molecular weight is 626 g/mol. The normalized spacial score (nSPS) is 11.7. The molecule has 8 aromatic carbocycles. The van der Waals surface area contributed by atoms with Gasteiger partial charge in [-0.05, 0) is 68.2 Å². The first kappa shape index (κ1) is 27.5. The van der Waals surface area contributed by atoms with Gasteiger partial charge >= 0.3 is 0 Å². The van der Waals surface area contributed by atoms with Gasteiger partial charge in [0, 0.05) is 33.0 Å². The van der Waals surface area contributed by atoms with E-state index in [1.807, 2.05) is 36.4 Å². The predicted octanol–water partition coefficient (Wildman–Crippen LogP) is 11.9. The van der Waals surface area contributed by atoms with E-state index >= 15 is 0 Å². The van der Waals surface area contributed by atoms with Crippen LogP contribution in [0.15, 0.2) is 168 Å².